The monoisotopic (exact) mass is 349 g/mol. The molecule has 1 aromatic carbocycles. The number of hydrogen-bond donors (Lipinski definition) is 0. The van der Waals surface area contributed by atoms with Crippen molar-refractivity contribution in [2.45, 2.75) is 50.9 Å². The average molecular weight is 349 g/mol. The Morgan fingerprint density at radius 1 is 1.12 bits per heavy atom. The van der Waals surface area contributed by atoms with E-state index in [2.05, 4.69) is 21.9 Å². The van der Waals surface area contributed by atoms with Crippen LogP contribution in [0.25, 0.3) is 0 Å². The molecule has 0 radical (unpaired) electrons. The van der Waals surface area contributed by atoms with Crippen LogP contribution in [0.5, 0.6) is 0 Å². The van der Waals surface area contributed by atoms with E-state index in [1.807, 2.05) is 0 Å². The maximum atomic E-state index is 12.6. The summed E-state index contributed by atoms with van der Waals surface area (Å²) in [6.45, 7) is 0. The van der Waals surface area contributed by atoms with Crippen LogP contribution < -0.4 is 0 Å². The highest BCUT2D eigenvalue weighted by molar-refractivity contribution is 5.96. The molecule has 1 aromatic heterocycles. The number of benzene rings is 1. The molecule has 0 saturated carbocycles. The van der Waals surface area contributed by atoms with E-state index in [4.69, 9.17) is 0 Å². The number of carbonyl (C=O) groups is 2. The maximum absolute atomic E-state index is 12.6. The first kappa shape index (κ1) is 17.0. The molecule has 1 heterocycles. The van der Waals surface area contributed by atoms with Gasteiger partial charge in [0.1, 0.15) is 5.69 Å². The van der Waals surface area contributed by atoms with Crippen molar-refractivity contribution in [2.75, 3.05) is 7.11 Å². The Hall–Kier alpha value is -2.49. The topological polar surface area (TPSA) is 56.3 Å². The van der Waals surface area contributed by atoms with E-state index in [0.717, 1.165) is 24.3 Å². The number of Topliss-reactive ketones (excluding diaryl/α,β-unsaturated/α-hetero) is 1. The van der Waals surface area contributed by atoms with Gasteiger partial charge in [0.05, 0.1) is 12.7 Å². The maximum Gasteiger partial charge on any atom is 0.339 e. The molecule has 4 nitrogen and oxygen atoms in total. The number of aryl methyl sites for hydroxylation is 2. The van der Waals surface area contributed by atoms with Crippen molar-refractivity contribution in [3.05, 3.63) is 64.0 Å². The molecule has 2 aliphatic rings. The molecule has 4 heteroatoms. The summed E-state index contributed by atoms with van der Waals surface area (Å²) in [4.78, 5) is 28.3. The number of nitrogens with zero attached hydrogens (tertiary/aromatic N) is 1. The molecule has 0 spiro atoms. The van der Waals surface area contributed by atoms with Gasteiger partial charge in [-0.1, -0.05) is 12.1 Å². The second kappa shape index (κ2) is 7.02. The summed E-state index contributed by atoms with van der Waals surface area (Å²) < 4.78 is 4.66. The van der Waals surface area contributed by atoms with Gasteiger partial charge in [-0.15, -0.1) is 0 Å². The Bertz CT molecular complexity index is 823. The molecule has 2 aromatic rings. The van der Waals surface area contributed by atoms with Crippen molar-refractivity contribution in [3.8, 4) is 0 Å². The number of esters is 1. The van der Waals surface area contributed by atoms with Gasteiger partial charge in [0.15, 0.2) is 5.78 Å². The van der Waals surface area contributed by atoms with Crippen LogP contribution in [0.15, 0.2) is 30.5 Å². The fraction of sp³-hybridized carbons (Fsp3) is 0.409. The molecule has 0 bridgehead atoms. The Morgan fingerprint density at radius 2 is 1.81 bits per heavy atom. The van der Waals surface area contributed by atoms with E-state index in [1.165, 1.54) is 50.1 Å². The third-order valence-electron chi connectivity index (χ3n) is 5.65. The van der Waals surface area contributed by atoms with Crippen LogP contribution >= 0.6 is 0 Å². The van der Waals surface area contributed by atoms with Crippen molar-refractivity contribution < 1.29 is 14.3 Å². The number of carbonyl (C=O) groups excluding carboxylic acids is 2. The van der Waals surface area contributed by atoms with E-state index in [0.29, 0.717) is 17.7 Å². The Morgan fingerprint density at radius 3 is 2.38 bits per heavy atom. The Balaban J connectivity index is 1.56. The third-order valence-corrected chi connectivity index (χ3v) is 5.65. The molecule has 26 heavy (non-hydrogen) atoms. The summed E-state index contributed by atoms with van der Waals surface area (Å²) in [7, 11) is 1.33. The summed E-state index contributed by atoms with van der Waals surface area (Å²) in [6.07, 6.45) is 9.16. The fourth-order valence-electron chi connectivity index (χ4n) is 4.48. The Labute approximate surface area is 153 Å². The highest BCUT2D eigenvalue weighted by Gasteiger charge is 2.27. The first-order chi connectivity index (χ1) is 12.7. The molecule has 0 atom stereocenters. The minimum atomic E-state index is -0.445. The highest BCUT2D eigenvalue weighted by Crippen LogP contribution is 2.41. The van der Waals surface area contributed by atoms with Crippen LogP contribution in [0.1, 0.15) is 74.7 Å². The lowest BCUT2D eigenvalue weighted by Gasteiger charge is -2.32. The van der Waals surface area contributed by atoms with E-state index in [-0.39, 0.29) is 5.78 Å². The van der Waals surface area contributed by atoms with Crippen molar-refractivity contribution in [3.63, 3.8) is 0 Å². The molecule has 4 rings (SSSR count). The quantitative estimate of drug-likeness (QED) is 0.617. The number of aromatic nitrogens is 1. The van der Waals surface area contributed by atoms with Crippen molar-refractivity contribution in [1.82, 2.24) is 4.98 Å². The average Bonchev–Trinajstić information content (AvgIpc) is 2.68. The summed E-state index contributed by atoms with van der Waals surface area (Å²) in [6, 6.07) is 7.66. The number of rotatable bonds is 4. The second-order valence-corrected chi connectivity index (χ2v) is 7.33. The SMILES string of the molecule is COC(=O)c1ccc(C(=O)Cc2cc3c4c(c2)CCCC4CCC3)nc1. The predicted molar refractivity (Wildman–Crippen MR) is 98.7 cm³/mol. The lowest BCUT2D eigenvalue weighted by atomic mass is 9.73. The van der Waals surface area contributed by atoms with Gasteiger partial charge in [-0.05, 0) is 78.8 Å². The largest absolute Gasteiger partial charge is 0.465 e. The van der Waals surface area contributed by atoms with E-state index in [1.54, 1.807) is 17.7 Å². The summed E-state index contributed by atoms with van der Waals surface area (Å²) in [5, 5.41) is 0. The first-order valence-electron chi connectivity index (χ1n) is 9.38. The second-order valence-electron chi connectivity index (χ2n) is 7.33. The Kier molecular flexibility index (Phi) is 4.58. The van der Waals surface area contributed by atoms with Crippen LogP contribution in [0.2, 0.25) is 0 Å². The molecule has 2 aliphatic carbocycles. The standard InChI is InChI=1S/C22H23NO3/c1-26-22(25)18-8-9-19(23-13-18)20(24)12-14-10-16-6-2-4-15-5-3-7-17(11-14)21(15)16/h8-11,13,15H,2-7,12H2,1H3. The molecule has 0 amide bonds. The zero-order chi connectivity index (χ0) is 18.1. The third kappa shape index (κ3) is 3.16. The van der Waals surface area contributed by atoms with Gasteiger partial charge < -0.3 is 4.74 Å². The van der Waals surface area contributed by atoms with Gasteiger partial charge in [0.2, 0.25) is 0 Å². The van der Waals surface area contributed by atoms with Gasteiger partial charge in [-0.25, -0.2) is 4.79 Å². The van der Waals surface area contributed by atoms with Gasteiger partial charge >= 0.3 is 5.97 Å². The number of ether oxygens (including phenoxy) is 1. The lowest BCUT2D eigenvalue weighted by Crippen LogP contribution is -2.18. The van der Waals surface area contributed by atoms with Gasteiger partial charge in [-0.2, -0.15) is 0 Å². The molecular formula is C22H23NO3. The zero-order valence-corrected chi connectivity index (χ0v) is 15.1. The molecule has 134 valence electrons. The van der Waals surface area contributed by atoms with Gasteiger partial charge in [0.25, 0.3) is 0 Å². The fourth-order valence-corrected chi connectivity index (χ4v) is 4.48. The normalized spacial score (nSPS) is 16.0. The summed E-state index contributed by atoms with van der Waals surface area (Å²) in [5.41, 5.74) is 6.32. The highest BCUT2D eigenvalue weighted by atomic mass is 16.5. The zero-order valence-electron chi connectivity index (χ0n) is 15.1. The molecule has 0 unspecified atom stereocenters. The van der Waals surface area contributed by atoms with Crippen LogP contribution in [0.3, 0.4) is 0 Å². The molecule has 0 saturated heterocycles. The minimum Gasteiger partial charge on any atom is -0.465 e. The first-order valence-corrected chi connectivity index (χ1v) is 9.38. The molecule has 0 fully saturated rings. The molecule has 0 N–H and O–H groups in total. The number of hydrogen-bond acceptors (Lipinski definition) is 4. The van der Waals surface area contributed by atoms with E-state index < -0.39 is 5.97 Å². The van der Waals surface area contributed by atoms with Crippen molar-refractivity contribution in [2.24, 2.45) is 0 Å². The van der Waals surface area contributed by atoms with Crippen LogP contribution in [0, 0.1) is 0 Å². The molecule has 0 aliphatic heterocycles. The summed E-state index contributed by atoms with van der Waals surface area (Å²) in [5.74, 6) is 0.274. The number of methoxy groups -OCH3 is 1. The minimum absolute atomic E-state index is 0.0169. The van der Waals surface area contributed by atoms with Gasteiger partial charge in [-0.3, -0.25) is 9.78 Å². The smallest absolute Gasteiger partial charge is 0.339 e. The number of ketones is 1. The van der Waals surface area contributed by atoms with E-state index >= 15 is 0 Å². The van der Waals surface area contributed by atoms with Gasteiger partial charge in [0, 0.05) is 12.6 Å². The lowest BCUT2D eigenvalue weighted by molar-refractivity contribution is 0.0599. The van der Waals surface area contributed by atoms with Crippen LogP contribution in [-0.2, 0) is 24.0 Å². The summed E-state index contributed by atoms with van der Waals surface area (Å²) >= 11 is 0. The van der Waals surface area contributed by atoms with E-state index in [9.17, 15) is 9.59 Å². The van der Waals surface area contributed by atoms with Crippen LogP contribution in [-0.4, -0.2) is 23.8 Å². The van der Waals surface area contributed by atoms with Crippen molar-refractivity contribution >= 4 is 11.8 Å². The number of pyridine rings is 1. The molecular weight excluding hydrogens is 326 g/mol. The van der Waals surface area contributed by atoms with Crippen molar-refractivity contribution in [1.29, 1.82) is 0 Å². The van der Waals surface area contributed by atoms with Crippen LogP contribution in [0.4, 0.5) is 0 Å². The predicted octanol–water partition coefficient (Wildman–Crippen LogP) is 4.05.